The molecule has 0 aliphatic carbocycles. The standard InChI is InChI=1S/C13H8ClFN2S/c14-9-3-1-7(5-10(9)16)13-17-11-4-2-8(15)6-12(11)18-13/h1-6H,16H2. The van der Waals surface area contributed by atoms with Crippen molar-refractivity contribution in [3.63, 3.8) is 0 Å². The molecule has 3 rings (SSSR count). The molecule has 0 saturated heterocycles. The number of anilines is 1. The Bertz CT molecular complexity index is 739. The summed E-state index contributed by atoms with van der Waals surface area (Å²) in [7, 11) is 0. The summed E-state index contributed by atoms with van der Waals surface area (Å²) in [6.45, 7) is 0. The number of hydrogen-bond donors (Lipinski definition) is 1. The molecular formula is C13H8ClFN2S. The topological polar surface area (TPSA) is 38.9 Å². The normalized spacial score (nSPS) is 11.0. The first-order valence-corrected chi connectivity index (χ1v) is 6.44. The maximum absolute atomic E-state index is 13.1. The first-order valence-electron chi connectivity index (χ1n) is 5.25. The summed E-state index contributed by atoms with van der Waals surface area (Å²) in [6.07, 6.45) is 0. The van der Waals surface area contributed by atoms with Gasteiger partial charge in [-0.05, 0) is 30.3 Å². The van der Waals surface area contributed by atoms with E-state index in [1.54, 1.807) is 18.2 Å². The fourth-order valence-corrected chi connectivity index (χ4v) is 2.80. The molecule has 2 nitrogen and oxygen atoms in total. The van der Waals surface area contributed by atoms with Crippen molar-refractivity contribution < 1.29 is 4.39 Å². The van der Waals surface area contributed by atoms with Crippen LogP contribution in [-0.2, 0) is 0 Å². The molecule has 0 radical (unpaired) electrons. The molecule has 1 aromatic heterocycles. The number of halogens is 2. The number of fused-ring (bicyclic) bond motifs is 1. The number of rotatable bonds is 1. The van der Waals surface area contributed by atoms with Gasteiger partial charge in [0.15, 0.2) is 0 Å². The number of thiazole rings is 1. The molecule has 0 fully saturated rings. The molecule has 0 bridgehead atoms. The molecule has 0 aliphatic rings. The highest BCUT2D eigenvalue weighted by Gasteiger charge is 2.08. The monoisotopic (exact) mass is 278 g/mol. The Balaban J connectivity index is 2.16. The summed E-state index contributed by atoms with van der Waals surface area (Å²) >= 11 is 7.31. The molecule has 1 heterocycles. The Labute approximate surface area is 112 Å². The van der Waals surface area contributed by atoms with Crippen LogP contribution in [0.25, 0.3) is 20.8 Å². The second kappa shape index (κ2) is 4.23. The van der Waals surface area contributed by atoms with Crippen molar-refractivity contribution in [3.8, 4) is 10.6 Å². The van der Waals surface area contributed by atoms with E-state index in [0.29, 0.717) is 10.7 Å². The Morgan fingerprint density at radius 1 is 1.17 bits per heavy atom. The molecule has 2 N–H and O–H groups in total. The van der Waals surface area contributed by atoms with Gasteiger partial charge < -0.3 is 5.73 Å². The average Bonchev–Trinajstić information content (AvgIpc) is 2.75. The number of nitrogen functional groups attached to an aromatic ring is 1. The van der Waals surface area contributed by atoms with Crippen molar-refractivity contribution >= 4 is 38.8 Å². The predicted octanol–water partition coefficient (Wildman–Crippen LogP) is 4.34. The van der Waals surface area contributed by atoms with E-state index in [4.69, 9.17) is 17.3 Å². The molecule has 0 aliphatic heterocycles. The zero-order valence-corrected chi connectivity index (χ0v) is 10.7. The minimum absolute atomic E-state index is 0.256. The van der Waals surface area contributed by atoms with E-state index in [9.17, 15) is 4.39 Å². The van der Waals surface area contributed by atoms with Crippen LogP contribution < -0.4 is 5.73 Å². The second-order valence-electron chi connectivity index (χ2n) is 3.87. The van der Waals surface area contributed by atoms with E-state index in [1.807, 2.05) is 6.07 Å². The summed E-state index contributed by atoms with van der Waals surface area (Å²) in [5.41, 5.74) is 7.94. The molecule has 90 valence electrons. The lowest BCUT2D eigenvalue weighted by Crippen LogP contribution is -1.86. The van der Waals surface area contributed by atoms with Crippen molar-refractivity contribution in [2.24, 2.45) is 0 Å². The molecule has 0 saturated carbocycles. The summed E-state index contributed by atoms with van der Waals surface area (Å²) < 4.78 is 13.9. The number of benzene rings is 2. The third-order valence-corrected chi connectivity index (χ3v) is 4.00. The van der Waals surface area contributed by atoms with Crippen LogP contribution in [0.3, 0.4) is 0 Å². The molecule has 18 heavy (non-hydrogen) atoms. The predicted molar refractivity (Wildman–Crippen MR) is 74.4 cm³/mol. The van der Waals surface area contributed by atoms with Crippen molar-refractivity contribution in [1.29, 1.82) is 0 Å². The first kappa shape index (κ1) is 11.4. The molecule has 0 amide bonds. The van der Waals surface area contributed by atoms with Gasteiger partial charge in [-0.25, -0.2) is 9.37 Å². The number of nitrogens with two attached hydrogens (primary N) is 1. The van der Waals surface area contributed by atoms with Crippen LogP contribution in [0.5, 0.6) is 0 Å². The van der Waals surface area contributed by atoms with Gasteiger partial charge in [-0.2, -0.15) is 0 Å². The van der Waals surface area contributed by atoms with Gasteiger partial charge in [0.1, 0.15) is 10.8 Å². The van der Waals surface area contributed by atoms with Crippen molar-refractivity contribution in [2.45, 2.75) is 0 Å². The van der Waals surface area contributed by atoms with Crippen molar-refractivity contribution in [2.75, 3.05) is 5.73 Å². The van der Waals surface area contributed by atoms with Gasteiger partial charge >= 0.3 is 0 Å². The maximum atomic E-state index is 13.1. The van der Waals surface area contributed by atoms with E-state index < -0.39 is 0 Å². The van der Waals surface area contributed by atoms with Gasteiger partial charge in [0.2, 0.25) is 0 Å². The average molecular weight is 279 g/mol. The van der Waals surface area contributed by atoms with E-state index in [-0.39, 0.29) is 5.82 Å². The second-order valence-corrected chi connectivity index (χ2v) is 5.31. The van der Waals surface area contributed by atoms with Crippen LogP contribution in [-0.4, -0.2) is 4.98 Å². The van der Waals surface area contributed by atoms with Crippen LogP contribution in [0.2, 0.25) is 5.02 Å². The molecule has 5 heteroatoms. The summed E-state index contributed by atoms with van der Waals surface area (Å²) in [6, 6.07) is 9.92. The Morgan fingerprint density at radius 3 is 2.78 bits per heavy atom. The van der Waals surface area contributed by atoms with Crippen molar-refractivity contribution in [3.05, 3.63) is 47.2 Å². The molecule has 0 spiro atoms. The lowest BCUT2D eigenvalue weighted by atomic mass is 10.2. The number of hydrogen-bond acceptors (Lipinski definition) is 3. The van der Waals surface area contributed by atoms with Crippen LogP contribution >= 0.6 is 22.9 Å². The Hall–Kier alpha value is -1.65. The fourth-order valence-electron chi connectivity index (χ4n) is 1.70. The smallest absolute Gasteiger partial charge is 0.124 e. The summed E-state index contributed by atoms with van der Waals surface area (Å²) in [4.78, 5) is 4.45. The highest BCUT2D eigenvalue weighted by molar-refractivity contribution is 7.21. The Morgan fingerprint density at radius 2 is 2.00 bits per heavy atom. The first-order chi connectivity index (χ1) is 8.63. The Kier molecular flexibility index (Phi) is 2.69. The van der Waals surface area contributed by atoms with Crippen LogP contribution in [0.1, 0.15) is 0 Å². The summed E-state index contributed by atoms with van der Waals surface area (Å²) in [5, 5.41) is 1.32. The zero-order chi connectivity index (χ0) is 12.7. The van der Waals surface area contributed by atoms with Gasteiger partial charge in [0.05, 0.1) is 20.9 Å². The van der Waals surface area contributed by atoms with Crippen LogP contribution in [0, 0.1) is 5.82 Å². The largest absolute Gasteiger partial charge is 0.398 e. The number of nitrogens with zero attached hydrogens (tertiary/aromatic N) is 1. The fraction of sp³-hybridized carbons (Fsp3) is 0. The highest BCUT2D eigenvalue weighted by Crippen LogP contribution is 2.33. The number of aromatic nitrogens is 1. The van der Waals surface area contributed by atoms with Crippen LogP contribution in [0.4, 0.5) is 10.1 Å². The van der Waals surface area contributed by atoms with Gasteiger partial charge in [-0.3, -0.25) is 0 Å². The maximum Gasteiger partial charge on any atom is 0.124 e. The summed E-state index contributed by atoms with van der Waals surface area (Å²) in [5.74, 6) is -0.256. The molecule has 0 atom stereocenters. The van der Waals surface area contributed by atoms with E-state index in [0.717, 1.165) is 20.8 Å². The van der Waals surface area contributed by atoms with Crippen molar-refractivity contribution in [1.82, 2.24) is 4.98 Å². The highest BCUT2D eigenvalue weighted by atomic mass is 35.5. The van der Waals surface area contributed by atoms with E-state index in [2.05, 4.69) is 4.98 Å². The molecule has 3 aromatic rings. The molecule has 2 aromatic carbocycles. The van der Waals surface area contributed by atoms with Gasteiger partial charge in [-0.15, -0.1) is 11.3 Å². The zero-order valence-electron chi connectivity index (χ0n) is 9.15. The third-order valence-electron chi connectivity index (χ3n) is 2.59. The van der Waals surface area contributed by atoms with Gasteiger partial charge in [0.25, 0.3) is 0 Å². The minimum atomic E-state index is -0.256. The molecular weight excluding hydrogens is 271 g/mol. The lowest BCUT2D eigenvalue weighted by molar-refractivity contribution is 0.630. The van der Waals surface area contributed by atoms with E-state index >= 15 is 0 Å². The van der Waals surface area contributed by atoms with Crippen LogP contribution in [0.15, 0.2) is 36.4 Å². The SMILES string of the molecule is Nc1cc(-c2nc3ccc(F)cc3s2)ccc1Cl. The van der Waals surface area contributed by atoms with Gasteiger partial charge in [0, 0.05) is 5.56 Å². The minimum Gasteiger partial charge on any atom is -0.398 e. The molecule has 0 unspecified atom stereocenters. The quantitative estimate of drug-likeness (QED) is 0.673. The van der Waals surface area contributed by atoms with E-state index in [1.165, 1.54) is 23.5 Å². The third kappa shape index (κ3) is 1.94. The van der Waals surface area contributed by atoms with Gasteiger partial charge in [-0.1, -0.05) is 17.7 Å². The lowest BCUT2D eigenvalue weighted by Gasteiger charge is -2.00.